The summed E-state index contributed by atoms with van der Waals surface area (Å²) in [4.78, 5) is 0. The second-order valence-corrected chi connectivity index (χ2v) is 10.1. The van der Waals surface area contributed by atoms with Crippen LogP contribution in [-0.4, -0.2) is 26.1 Å². The van der Waals surface area contributed by atoms with E-state index in [4.69, 9.17) is 5.11 Å². The number of rotatable bonds is 3. The minimum absolute atomic E-state index is 0.0301. The van der Waals surface area contributed by atoms with Crippen molar-refractivity contribution in [3.63, 3.8) is 0 Å². The molecule has 0 atom stereocenters. The molecule has 0 radical (unpaired) electrons. The first-order valence-corrected chi connectivity index (χ1v) is 12.9. The van der Waals surface area contributed by atoms with Gasteiger partial charge in [-0.25, -0.2) is 0 Å². The van der Waals surface area contributed by atoms with Crippen molar-refractivity contribution in [1.82, 2.24) is 0 Å². The lowest BCUT2D eigenvalue weighted by atomic mass is 10.1. The third-order valence-electron chi connectivity index (χ3n) is 5.27. The molecule has 0 amide bonds. The van der Waals surface area contributed by atoms with E-state index in [1.165, 1.54) is 51.3 Å². The number of alkyl halides is 12. The van der Waals surface area contributed by atoms with Gasteiger partial charge in [0.1, 0.15) is 28.2 Å². The smallest absolute Gasteiger partial charge is 0.507 e. The Morgan fingerprint density at radius 3 is 1.20 bits per heavy atom. The van der Waals surface area contributed by atoms with E-state index in [-0.39, 0.29) is 16.9 Å². The van der Waals surface area contributed by atoms with Crippen molar-refractivity contribution in [2.75, 3.05) is 7.11 Å². The summed E-state index contributed by atoms with van der Waals surface area (Å²) in [7, 11) is -4.92. The SMILES string of the molecule is COc1cccc(C)c1C(F)(F)F.Cc1cccc(O)c1C(F)(F)F.Cc1cccc(OS(=O)(=O)C(F)(F)F)c1C(F)(F)F. The number of methoxy groups -OCH3 is 1. The van der Waals surface area contributed by atoms with Crippen LogP contribution in [0.1, 0.15) is 33.4 Å². The molecule has 0 saturated carbocycles. The molecule has 0 aromatic heterocycles. The topological polar surface area (TPSA) is 72.8 Å². The molecule has 0 aliphatic rings. The Morgan fingerprint density at radius 1 is 0.568 bits per heavy atom. The fourth-order valence-corrected chi connectivity index (χ4v) is 3.90. The van der Waals surface area contributed by atoms with Gasteiger partial charge in [0, 0.05) is 0 Å². The lowest BCUT2D eigenvalue weighted by Crippen LogP contribution is -2.29. The molecule has 0 unspecified atom stereocenters. The van der Waals surface area contributed by atoms with Crippen LogP contribution in [0.3, 0.4) is 0 Å². The highest BCUT2D eigenvalue weighted by molar-refractivity contribution is 7.88. The molecule has 3 aromatic rings. The highest BCUT2D eigenvalue weighted by Gasteiger charge is 2.50. The third kappa shape index (κ3) is 10.1. The van der Waals surface area contributed by atoms with Crippen LogP contribution in [0.15, 0.2) is 54.6 Å². The van der Waals surface area contributed by atoms with Gasteiger partial charge in [-0.1, -0.05) is 36.4 Å². The maximum atomic E-state index is 12.6. The van der Waals surface area contributed by atoms with E-state index in [0.717, 1.165) is 25.1 Å². The Morgan fingerprint density at radius 2 is 0.909 bits per heavy atom. The molecule has 44 heavy (non-hydrogen) atoms. The maximum absolute atomic E-state index is 12.6. The van der Waals surface area contributed by atoms with Gasteiger partial charge in [-0.2, -0.15) is 61.1 Å². The molecular weight excluding hydrogens is 652 g/mol. The van der Waals surface area contributed by atoms with Crippen molar-refractivity contribution in [2.45, 2.75) is 44.8 Å². The van der Waals surface area contributed by atoms with Crippen molar-refractivity contribution >= 4 is 10.1 Å². The number of hydrogen-bond acceptors (Lipinski definition) is 5. The van der Waals surface area contributed by atoms with Crippen molar-refractivity contribution in [2.24, 2.45) is 0 Å². The zero-order valence-corrected chi connectivity index (χ0v) is 23.5. The first-order chi connectivity index (χ1) is 19.8. The summed E-state index contributed by atoms with van der Waals surface area (Å²) in [5.74, 6) is -2.26. The van der Waals surface area contributed by atoms with Crippen LogP contribution in [0.25, 0.3) is 0 Å². The number of aromatic hydroxyl groups is 1. The summed E-state index contributed by atoms with van der Waals surface area (Å²) in [6.45, 7) is 3.68. The fraction of sp³-hybridized carbons (Fsp3) is 0.308. The normalized spacial score (nSPS) is 12.4. The number of benzene rings is 3. The average molecular weight is 675 g/mol. The van der Waals surface area contributed by atoms with Crippen LogP contribution in [0, 0.1) is 20.8 Å². The average Bonchev–Trinajstić information content (AvgIpc) is 2.81. The standard InChI is InChI=1S/C9H6F6O3S.C9H9F3O.C8H7F3O/c1-5-3-2-4-6(7(5)8(10,11)12)18-19(16,17)9(13,14)15;1-6-4-3-5-7(13-2)8(6)9(10,11)12;1-5-3-2-4-6(12)7(5)8(9,10)11/h2-4H,1H3;3-5H,1-2H3;2-4,12H,1H3. The van der Waals surface area contributed by atoms with E-state index >= 15 is 0 Å². The van der Waals surface area contributed by atoms with Gasteiger partial charge in [0.2, 0.25) is 0 Å². The lowest BCUT2D eigenvalue weighted by molar-refractivity contribution is -0.140. The second kappa shape index (κ2) is 13.9. The molecule has 0 saturated heterocycles. The Hall–Kier alpha value is -3.83. The number of ether oxygens (including phenoxy) is 1. The van der Waals surface area contributed by atoms with E-state index in [1.807, 2.05) is 0 Å². The van der Waals surface area contributed by atoms with E-state index < -0.39 is 67.9 Å². The Bertz CT molecular complexity index is 1500. The highest BCUT2D eigenvalue weighted by atomic mass is 32.2. The first-order valence-electron chi connectivity index (χ1n) is 11.5. The Labute approximate surface area is 242 Å². The minimum atomic E-state index is -6.15. The fourth-order valence-electron chi connectivity index (χ4n) is 3.43. The van der Waals surface area contributed by atoms with Gasteiger partial charge in [-0.15, -0.1) is 0 Å². The molecule has 0 aliphatic heterocycles. The Kier molecular flexibility index (Phi) is 12.0. The van der Waals surface area contributed by atoms with Gasteiger partial charge in [-0.05, 0) is 55.7 Å². The first kappa shape index (κ1) is 38.2. The van der Waals surface area contributed by atoms with E-state index in [1.54, 1.807) is 0 Å². The van der Waals surface area contributed by atoms with Crippen LogP contribution in [0.4, 0.5) is 52.7 Å². The number of aryl methyl sites for hydroxylation is 3. The third-order valence-corrected chi connectivity index (χ3v) is 6.24. The zero-order valence-electron chi connectivity index (χ0n) is 22.7. The van der Waals surface area contributed by atoms with E-state index in [2.05, 4.69) is 8.92 Å². The zero-order chi connectivity index (χ0) is 34.5. The van der Waals surface area contributed by atoms with Gasteiger partial charge in [0.25, 0.3) is 0 Å². The number of phenols is 1. The van der Waals surface area contributed by atoms with Gasteiger partial charge in [0.05, 0.1) is 7.11 Å². The summed E-state index contributed by atoms with van der Waals surface area (Å²) >= 11 is 0. The number of hydrogen-bond donors (Lipinski definition) is 1. The van der Waals surface area contributed by atoms with Crippen molar-refractivity contribution in [3.05, 3.63) is 88.0 Å². The van der Waals surface area contributed by atoms with Gasteiger partial charge in [-0.3, -0.25) is 0 Å². The molecule has 0 heterocycles. The van der Waals surface area contributed by atoms with Crippen molar-refractivity contribution in [3.8, 4) is 17.2 Å². The maximum Gasteiger partial charge on any atom is 0.534 e. The number of phenolic OH excluding ortho intramolecular Hbond substituents is 1. The molecular formula is C26H22F12O5S. The summed E-state index contributed by atoms with van der Waals surface area (Å²) in [6, 6.07) is 10.4. The van der Waals surface area contributed by atoms with Crippen molar-refractivity contribution in [1.29, 1.82) is 0 Å². The van der Waals surface area contributed by atoms with Crippen molar-refractivity contribution < 1.29 is 75.1 Å². The van der Waals surface area contributed by atoms with Crippen LogP contribution < -0.4 is 8.92 Å². The molecule has 0 spiro atoms. The molecule has 18 heteroatoms. The Balaban J connectivity index is 0.000000342. The van der Waals surface area contributed by atoms with Crippen LogP contribution in [0.2, 0.25) is 0 Å². The molecule has 246 valence electrons. The molecule has 5 nitrogen and oxygen atoms in total. The predicted octanol–water partition coefficient (Wildman–Crippen LogP) is 8.98. The van der Waals surface area contributed by atoms with Crippen LogP contribution in [0.5, 0.6) is 17.2 Å². The second-order valence-electron chi connectivity index (χ2n) is 8.55. The highest BCUT2D eigenvalue weighted by Crippen LogP contribution is 2.41. The molecule has 1 N–H and O–H groups in total. The molecule has 0 aliphatic carbocycles. The van der Waals surface area contributed by atoms with Gasteiger partial charge in [0.15, 0.2) is 5.75 Å². The van der Waals surface area contributed by atoms with Gasteiger partial charge < -0.3 is 14.0 Å². The molecule has 3 rings (SSSR count). The predicted molar refractivity (Wildman–Crippen MR) is 132 cm³/mol. The quantitative estimate of drug-likeness (QED) is 0.171. The number of halogens is 12. The molecule has 0 bridgehead atoms. The largest absolute Gasteiger partial charge is 0.534 e. The van der Waals surface area contributed by atoms with Crippen LogP contribution >= 0.6 is 0 Å². The lowest BCUT2D eigenvalue weighted by Gasteiger charge is -2.16. The minimum Gasteiger partial charge on any atom is -0.507 e. The van der Waals surface area contributed by atoms with E-state index in [9.17, 15) is 61.1 Å². The van der Waals surface area contributed by atoms with E-state index in [0.29, 0.717) is 6.07 Å². The summed E-state index contributed by atoms with van der Waals surface area (Å²) in [5, 5.41) is 8.91. The summed E-state index contributed by atoms with van der Waals surface area (Å²) in [5.41, 5.74) is -9.28. The van der Waals surface area contributed by atoms with Crippen LogP contribution in [-0.2, 0) is 28.6 Å². The summed E-state index contributed by atoms with van der Waals surface area (Å²) < 4.78 is 177. The summed E-state index contributed by atoms with van der Waals surface area (Å²) in [6.07, 6.45) is -13.9. The van der Waals surface area contributed by atoms with Gasteiger partial charge >= 0.3 is 34.2 Å². The monoisotopic (exact) mass is 674 g/mol. The molecule has 3 aromatic carbocycles. The molecule has 0 fully saturated rings.